The van der Waals surface area contributed by atoms with E-state index in [0.717, 1.165) is 16.8 Å². The Bertz CT molecular complexity index is 1200. The molecule has 0 aromatic heterocycles. The fourth-order valence-corrected chi connectivity index (χ4v) is 4.31. The van der Waals surface area contributed by atoms with Crippen LogP contribution in [0, 0.1) is 0 Å². The van der Waals surface area contributed by atoms with Crippen LogP contribution in [0.3, 0.4) is 0 Å². The number of nitrogens with zero attached hydrogens (tertiary/aromatic N) is 1. The molecule has 1 aliphatic heterocycles. The van der Waals surface area contributed by atoms with Gasteiger partial charge in [0, 0.05) is 53.9 Å². The molecule has 0 spiro atoms. The minimum absolute atomic E-state index is 0.336. The van der Waals surface area contributed by atoms with Crippen molar-refractivity contribution in [2.24, 2.45) is 0 Å². The predicted octanol–water partition coefficient (Wildman–Crippen LogP) is 2.81. The van der Waals surface area contributed by atoms with Gasteiger partial charge in [-0.1, -0.05) is 30.3 Å². The van der Waals surface area contributed by atoms with Crippen LogP contribution in [-0.4, -0.2) is 75.3 Å². The number of anilines is 1. The van der Waals surface area contributed by atoms with E-state index in [-0.39, 0.29) is 6.61 Å². The van der Waals surface area contributed by atoms with Crippen LogP contribution in [0.2, 0.25) is 0 Å². The van der Waals surface area contributed by atoms with Crippen LogP contribution in [0.5, 0.6) is 5.75 Å². The topological polar surface area (TPSA) is 127 Å². The van der Waals surface area contributed by atoms with Crippen LogP contribution < -0.4 is 9.64 Å². The maximum atomic E-state index is 12.1. The van der Waals surface area contributed by atoms with Crippen molar-refractivity contribution in [1.29, 1.82) is 0 Å². The third-order valence-corrected chi connectivity index (χ3v) is 6.01. The summed E-state index contributed by atoms with van der Waals surface area (Å²) in [5.41, 5.74) is 2.90. The lowest BCUT2D eigenvalue weighted by molar-refractivity contribution is -0.288. The van der Waals surface area contributed by atoms with Crippen molar-refractivity contribution in [2.45, 2.75) is 64.8 Å². The highest BCUT2D eigenvalue weighted by molar-refractivity contribution is 5.68. The average Bonchev–Trinajstić information content (AvgIpc) is 2.87. The molecule has 1 heterocycles. The quantitative estimate of drug-likeness (QED) is 0.316. The average molecular weight is 558 g/mol. The van der Waals surface area contributed by atoms with Crippen LogP contribution in [0.25, 0.3) is 0 Å². The van der Waals surface area contributed by atoms with E-state index in [1.807, 2.05) is 55.4 Å². The summed E-state index contributed by atoms with van der Waals surface area (Å²) in [6, 6.07) is 15.3. The first-order chi connectivity index (χ1) is 18.9. The highest BCUT2D eigenvalue weighted by Crippen LogP contribution is 2.32. The van der Waals surface area contributed by atoms with Crippen LogP contribution in [-0.2, 0) is 49.3 Å². The van der Waals surface area contributed by atoms with Gasteiger partial charge in [-0.2, -0.15) is 0 Å². The van der Waals surface area contributed by atoms with Crippen LogP contribution in [0.15, 0.2) is 48.5 Å². The number of rotatable bonds is 10. The summed E-state index contributed by atoms with van der Waals surface area (Å²) in [4.78, 5) is 49.7. The predicted molar refractivity (Wildman–Crippen MR) is 143 cm³/mol. The van der Waals surface area contributed by atoms with E-state index in [0.29, 0.717) is 12.2 Å². The zero-order valence-corrected chi connectivity index (χ0v) is 23.4. The monoisotopic (exact) mass is 557 g/mol. The molecule has 40 heavy (non-hydrogen) atoms. The Kier molecular flexibility index (Phi) is 10.5. The highest BCUT2D eigenvalue weighted by atomic mass is 16.7. The summed E-state index contributed by atoms with van der Waals surface area (Å²) in [6.45, 7) is 4.39. The SMILES string of the molecule is CC(=O)OC[C@H]1O[C@H](Oc2ccccc2Cc2ccc(N(C)C)cc2)[C@H](OC(C)=O)[C@@H](OC(C)=O)[C@@H]1OC(C)=O. The molecule has 3 rings (SSSR count). The third-order valence-electron chi connectivity index (χ3n) is 6.01. The molecule has 1 aliphatic rings. The molecule has 0 N–H and O–H groups in total. The summed E-state index contributed by atoms with van der Waals surface area (Å²) in [5.74, 6) is -2.29. The van der Waals surface area contributed by atoms with Crippen molar-refractivity contribution >= 4 is 29.6 Å². The van der Waals surface area contributed by atoms with Crippen molar-refractivity contribution in [1.82, 2.24) is 0 Å². The first-order valence-electron chi connectivity index (χ1n) is 12.8. The van der Waals surface area contributed by atoms with E-state index in [2.05, 4.69) is 0 Å². The first kappa shape index (κ1) is 30.4. The largest absolute Gasteiger partial charge is 0.463 e. The summed E-state index contributed by atoms with van der Waals surface area (Å²) >= 11 is 0. The molecule has 216 valence electrons. The molecular weight excluding hydrogens is 522 g/mol. The number of carbonyl (C=O) groups is 4. The van der Waals surface area contributed by atoms with E-state index in [9.17, 15) is 19.2 Å². The lowest BCUT2D eigenvalue weighted by atomic mass is 9.98. The molecule has 11 nitrogen and oxygen atoms in total. The standard InChI is InChI=1S/C29H35NO10/c1-17(31)35-16-25-26(36-18(2)32)27(37-19(3)33)28(38-20(4)34)29(40-25)39-24-10-8-7-9-22(24)15-21-11-13-23(14-12-21)30(5)6/h7-14,25-29H,15-16H2,1-6H3/t25-,26-,27+,28-,29+/m1/s1. The minimum Gasteiger partial charge on any atom is -0.463 e. The Hall–Kier alpha value is -4.12. The number of carbonyl (C=O) groups excluding carboxylic acids is 4. The van der Waals surface area contributed by atoms with Gasteiger partial charge < -0.3 is 33.3 Å². The first-order valence-corrected chi connectivity index (χ1v) is 12.8. The van der Waals surface area contributed by atoms with Gasteiger partial charge in [0.15, 0.2) is 12.2 Å². The molecule has 2 aromatic carbocycles. The fourth-order valence-electron chi connectivity index (χ4n) is 4.31. The number of esters is 4. The molecule has 0 saturated carbocycles. The van der Waals surface area contributed by atoms with E-state index >= 15 is 0 Å². The zero-order chi connectivity index (χ0) is 29.4. The van der Waals surface area contributed by atoms with Crippen molar-refractivity contribution in [3.8, 4) is 5.75 Å². The Morgan fingerprint density at radius 3 is 1.90 bits per heavy atom. The normalized spacial score (nSPS) is 22.0. The number of hydrogen-bond donors (Lipinski definition) is 0. The number of hydrogen-bond acceptors (Lipinski definition) is 11. The highest BCUT2D eigenvalue weighted by Gasteiger charge is 2.53. The van der Waals surface area contributed by atoms with Gasteiger partial charge in [-0.3, -0.25) is 19.2 Å². The minimum atomic E-state index is -1.31. The van der Waals surface area contributed by atoms with Crippen molar-refractivity contribution in [3.05, 3.63) is 59.7 Å². The molecule has 0 unspecified atom stereocenters. The Morgan fingerprint density at radius 2 is 1.32 bits per heavy atom. The molecule has 5 atom stereocenters. The maximum absolute atomic E-state index is 12.1. The van der Waals surface area contributed by atoms with Gasteiger partial charge in [0.2, 0.25) is 12.4 Å². The van der Waals surface area contributed by atoms with E-state index in [1.165, 1.54) is 27.7 Å². The second kappa shape index (κ2) is 13.8. The molecule has 0 bridgehead atoms. The van der Waals surface area contributed by atoms with Gasteiger partial charge in [-0.25, -0.2) is 0 Å². The molecule has 2 aromatic rings. The molecule has 0 radical (unpaired) electrons. The van der Waals surface area contributed by atoms with E-state index in [4.69, 9.17) is 28.4 Å². The van der Waals surface area contributed by atoms with Crippen LogP contribution >= 0.6 is 0 Å². The van der Waals surface area contributed by atoms with Gasteiger partial charge in [0.05, 0.1) is 0 Å². The second-order valence-electron chi connectivity index (χ2n) is 9.53. The lowest BCUT2D eigenvalue weighted by Gasteiger charge is -2.44. The fraction of sp³-hybridized carbons (Fsp3) is 0.448. The molecule has 1 saturated heterocycles. The second-order valence-corrected chi connectivity index (χ2v) is 9.53. The van der Waals surface area contributed by atoms with Crippen molar-refractivity contribution < 1.29 is 47.6 Å². The molecule has 11 heteroatoms. The third kappa shape index (κ3) is 8.44. The molecule has 0 aliphatic carbocycles. The molecular formula is C29H35NO10. The summed E-state index contributed by atoms with van der Waals surface area (Å²) in [6.07, 6.45) is -5.76. The van der Waals surface area contributed by atoms with Crippen LogP contribution in [0.1, 0.15) is 38.8 Å². The van der Waals surface area contributed by atoms with Gasteiger partial charge in [0.1, 0.15) is 18.5 Å². The van der Waals surface area contributed by atoms with Gasteiger partial charge in [-0.15, -0.1) is 0 Å². The lowest BCUT2D eigenvalue weighted by Crippen LogP contribution is -2.63. The Labute approximate surface area is 233 Å². The summed E-state index contributed by atoms with van der Waals surface area (Å²) in [7, 11) is 3.93. The van der Waals surface area contributed by atoms with Crippen LogP contribution in [0.4, 0.5) is 5.69 Å². The summed E-state index contributed by atoms with van der Waals surface area (Å²) in [5, 5.41) is 0. The molecule has 0 amide bonds. The van der Waals surface area contributed by atoms with Gasteiger partial charge >= 0.3 is 23.9 Å². The number of benzene rings is 2. The van der Waals surface area contributed by atoms with Gasteiger partial charge in [-0.05, 0) is 29.3 Å². The van der Waals surface area contributed by atoms with Crippen molar-refractivity contribution in [3.63, 3.8) is 0 Å². The smallest absolute Gasteiger partial charge is 0.303 e. The van der Waals surface area contributed by atoms with E-state index < -0.39 is 54.6 Å². The maximum Gasteiger partial charge on any atom is 0.303 e. The Balaban J connectivity index is 1.97. The zero-order valence-electron chi connectivity index (χ0n) is 23.4. The van der Waals surface area contributed by atoms with Crippen molar-refractivity contribution in [2.75, 3.05) is 25.6 Å². The van der Waals surface area contributed by atoms with Gasteiger partial charge in [0.25, 0.3) is 0 Å². The Morgan fingerprint density at radius 1 is 0.750 bits per heavy atom. The van der Waals surface area contributed by atoms with E-state index in [1.54, 1.807) is 12.1 Å². The molecule has 1 fully saturated rings. The number of para-hydroxylation sites is 1. The number of ether oxygens (including phenoxy) is 6. The summed E-state index contributed by atoms with van der Waals surface area (Å²) < 4.78 is 33.8.